The molecule has 0 aliphatic carbocycles. The summed E-state index contributed by atoms with van der Waals surface area (Å²) in [4.78, 5) is 33.2. The zero-order valence-electron chi connectivity index (χ0n) is 15.2. The summed E-state index contributed by atoms with van der Waals surface area (Å²) < 4.78 is 0. The maximum absolute atomic E-state index is 12.6. The minimum atomic E-state index is 0.139. The Hall–Kier alpha value is -2.61. The lowest BCUT2D eigenvalue weighted by atomic mass is 10.3. The Labute approximate surface area is 162 Å². The lowest BCUT2D eigenvalue weighted by Crippen LogP contribution is -2.49. The summed E-state index contributed by atoms with van der Waals surface area (Å²) in [7, 11) is 0. The van der Waals surface area contributed by atoms with Gasteiger partial charge in [-0.25, -0.2) is 15.0 Å². The number of aromatic nitrogens is 4. The molecule has 1 aromatic carbocycles. The van der Waals surface area contributed by atoms with Crippen LogP contribution in [0.2, 0.25) is 0 Å². The van der Waals surface area contributed by atoms with Gasteiger partial charge in [0.2, 0.25) is 11.9 Å². The molecular formula is C19H22N6OS. The Kier molecular flexibility index (Phi) is 5.24. The third-order valence-corrected chi connectivity index (χ3v) is 5.85. The molecule has 1 N–H and O–H groups in total. The zero-order chi connectivity index (χ0) is 18.6. The summed E-state index contributed by atoms with van der Waals surface area (Å²) in [6.07, 6.45) is 3.49. The molecule has 1 aliphatic rings. The minimum Gasteiger partial charge on any atom is -0.341 e. The third kappa shape index (κ3) is 4.05. The van der Waals surface area contributed by atoms with E-state index in [-0.39, 0.29) is 11.2 Å². The monoisotopic (exact) mass is 382 g/mol. The maximum Gasteiger partial charge on any atom is 0.232 e. The Balaban J connectivity index is 1.28. The second-order valence-electron chi connectivity index (χ2n) is 6.51. The minimum absolute atomic E-state index is 0.139. The first kappa shape index (κ1) is 17.8. The number of H-pyrrole nitrogens is 1. The molecule has 1 saturated heterocycles. The molecule has 2 aromatic heterocycles. The van der Waals surface area contributed by atoms with Gasteiger partial charge >= 0.3 is 0 Å². The number of imidazole rings is 1. The van der Waals surface area contributed by atoms with E-state index in [0.29, 0.717) is 18.8 Å². The number of nitrogens with zero attached hydrogens (tertiary/aromatic N) is 5. The molecule has 1 unspecified atom stereocenters. The first-order valence-corrected chi connectivity index (χ1v) is 10.1. The number of thioether (sulfide) groups is 1. The maximum atomic E-state index is 12.6. The first-order chi connectivity index (χ1) is 13.2. The second-order valence-corrected chi connectivity index (χ2v) is 7.84. The molecular weight excluding hydrogens is 360 g/mol. The van der Waals surface area contributed by atoms with Crippen molar-refractivity contribution in [3.8, 4) is 0 Å². The van der Waals surface area contributed by atoms with E-state index < -0.39 is 0 Å². The summed E-state index contributed by atoms with van der Waals surface area (Å²) in [5.41, 5.74) is 2.00. The molecule has 140 valence electrons. The lowest BCUT2D eigenvalue weighted by molar-refractivity contribution is -0.128. The fraction of sp³-hybridized carbons (Fsp3) is 0.368. The van der Waals surface area contributed by atoms with Crippen LogP contribution in [-0.4, -0.2) is 62.7 Å². The molecule has 1 atom stereocenters. The van der Waals surface area contributed by atoms with Crippen molar-refractivity contribution in [3.05, 3.63) is 48.5 Å². The summed E-state index contributed by atoms with van der Waals surface area (Å²) in [5, 5.41) is 0.139. The van der Waals surface area contributed by atoms with E-state index in [4.69, 9.17) is 0 Å². The van der Waals surface area contributed by atoms with Crippen LogP contribution < -0.4 is 4.90 Å². The van der Waals surface area contributed by atoms with Gasteiger partial charge < -0.3 is 14.8 Å². The Morgan fingerprint density at radius 1 is 1.15 bits per heavy atom. The van der Waals surface area contributed by atoms with Gasteiger partial charge in [-0.1, -0.05) is 12.1 Å². The number of hydrogen-bond donors (Lipinski definition) is 1. The van der Waals surface area contributed by atoms with Crippen LogP contribution in [-0.2, 0) is 4.79 Å². The molecule has 1 aliphatic heterocycles. The van der Waals surface area contributed by atoms with Crippen LogP contribution in [0.4, 0.5) is 5.95 Å². The van der Waals surface area contributed by atoms with Gasteiger partial charge in [-0.3, -0.25) is 4.79 Å². The van der Waals surface area contributed by atoms with E-state index in [0.717, 1.165) is 35.9 Å². The molecule has 0 radical (unpaired) electrons. The molecule has 8 heteroatoms. The van der Waals surface area contributed by atoms with Crippen molar-refractivity contribution in [2.75, 3.05) is 36.8 Å². The van der Waals surface area contributed by atoms with E-state index >= 15 is 0 Å². The predicted octanol–water partition coefficient (Wildman–Crippen LogP) is 2.50. The molecule has 0 saturated carbocycles. The van der Waals surface area contributed by atoms with E-state index in [1.165, 1.54) is 0 Å². The molecule has 0 bridgehead atoms. The average Bonchev–Trinajstić information content (AvgIpc) is 3.17. The third-order valence-electron chi connectivity index (χ3n) is 4.72. The SMILES string of the molecule is CC(SCC(=O)N1CCN(c2ncccn2)CC1)c1nc2ccccc2[nH]1. The van der Waals surface area contributed by atoms with Gasteiger partial charge in [0, 0.05) is 38.6 Å². The number of carbonyl (C=O) groups is 1. The number of para-hydroxylation sites is 2. The van der Waals surface area contributed by atoms with E-state index in [1.54, 1.807) is 24.2 Å². The van der Waals surface area contributed by atoms with Crippen molar-refractivity contribution < 1.29 is 4.79 Å². The van der Waals surface area contributed by atoms with Gasteiger partial charge in [-0.15, -0.1) is 11.8 Å². The summed E-state index contributed by atoms with van der Waals surface area (Å²) in [5.74, 6) is 2.29. The van der Waals surface area contributed by atoms with Gasteiger partial charge in [0.05, 0.1) is 22.0 Å². The quantitative estimate of drug-likeness (QED) is 0.730. The molecule has 3 aromatic rings. The number of anilines is 1. The number of fused-ring (bicyclic) bond motifs is 1. The molecule has 1 amide bonds. The predicted molar refractivity (Wildman–Crippen MR) is 108 cm³/mol. The fourth-order valence-corrected chi connectivity index (χ4v) is 3.99. The smallest absolute Gasteiger partial charge is 0.232 e. The largest absolute Gasteiger partial charge is 0.341 e. The molecule has 27 heavy (non-hydrogen) atoms. The summed E-state index contributed by atoms with van der Waals surface area (Å²) in [6.45, 7) is 5.02. The Morgan fingerprint density at radius 2 is 1.89 bits per heavy atom. The second kappa shape index (κ2) is 7.96. The van der Waals surface area contributed by atoms with Crippen molar-refractivity contribution in [1.82, 2.24) is 24.8 Å². The standard InChI is InChI=1S/C19H22N6OS/c1-14(18-22-15-5-2-3-6-16(15)23-18)27-13-17(26)24-9-11-25(12-10-24)19-20-7-4-8-21-19/h2-8,14H,9-13H2,1H3,(H,22,23). The van der Waals surface area contributed by atoms with E-state index in [1.807, 2.05) is 35.2 Å². The number of carbonyl (C=O) groups excluding carboxylic acids is 1. The molecule has 3 heterocycles. The van der Waals surface area contributed by atoms with Crippen LogP contribution in [0.5, 0.6) is 0 Å². The van der Waals surface area contributed by atoms with Crippen molar-refractivity contribution in [1.29, 1.82) is 0 Å². The number of piperazine rings is 1. The van der Waals surface area contributed by atoms with Gasteiger partial charge in [-0.05, 0) is 25.1 Å². The molecule has 0 spiro atoms. The Bertz CT molecular complexity index is 874. The summed E-state index contributed by atoms with van der Waals surface area (Å²) in [6, 6.07) is 9.79. The van der Waals surface area contributed by atoms with Gasteiger partial charge in [0.15, 0.2) is 0 Å². The van der Waals surface area contributed by atoms with E-state index in [9.17, 15) is 4.79 Å². The number of nitrogens with one attached hydrogen (secondary N) is 1. The van der Waals surface area contributed by atoms with Gasteiger partial charge in [0.1, 0.15) is 5.82 Å². The number of hydrogen-bond acceptors (Lipinski definition) is 6. The lowest BCUT2D eigenvalue weighted by Gasteiger charge is -2.34. The van der Waals surface area contributed by atoms with Crippen LogP contribution in [0.25, 0.3) is 11.0 Å². The summed E-state index contributed by atoms with van der Waals surface area (Å²) >= 11 is 1.62. The van der Waals surface area contributed by atoms with Crippen molar-refractivity contribution in [2.24, 2.45) is 0 Å². The highest BCUT2D eigenvalue weighted by Gasteiger charge is 2.23. The number of aromatic amines is 1. The van der Waals surface area contributed by atoms with Crippen LogP contribution in [0.15, 0.2) is 42.7 Å². The highest BCUT2D eigenvalue weighted by Crippen LogP contribution is 2.28. The van der Waals surface area contributed by atoms with Crippen LogP contribution >= 0.6 is 11.8 Å². The normalized spacial score (nSPS) is 15.9. The topological polar surface area (TPSA) is 78.0 Å². The average molecular weight is 382 g/mol. The number of benzene rings is 1. The highest BCUT2D eigenvalue weighted by atomic mass is 32.2. The first-order valence-electron chi connectivity index (χ1n) is 9.07. The van der Waals surface area contributed by atoms with Crippen molar-refractivity contribution in [2.45, 2.75) is 12.2 Å². The van der Waals surface area contributed by atoms with Crippen molar-refractivity contribution in [3.63, 3.8) is 0 Å². The van der Waals surface area contributed by atoms with Crippen LogP contribution in [0, 0.1) is 0 Å². The highest BCUT2D eigenvalue weighted by molar-refractivity contribution is 8.00. The van der Waals surface area contributed by atoms with E-state index in [2.05, 4.69) is 31.8 Å². The van der Waals surface area contributed by atoms with Crippen LogP contribution in [0.3, 0.4) is 0 Å². The molecule has 7 nitrogen and oxygen atoms in total. The molecule has 1 fully saturated rings. The van der Waals surface area contributed by atoms with Crippen molar-refractivity contribution >= 4 is 34.7 Å². The Morgan fingerprint density at radius 3 is 2.63 bits per heavy atom. The number of rotatable bonds is 5. The van der Waals surface area contributed by atoms with Gasteiger partial charge in [-0.2, -0.15) is 0 Å². The van der Waals surface area contributed by atoms with Crippen LogP contribution in [0.1, 0.15) is 18.0 Å². The molecule has 4 rings (SSSR count). The fourth-order valence-electron chi connectivity index (χ4n) is 3.14. The zero-order valence-corrected chi connectivity index (χ0v) is 16.0. The number of amides is 1. The van der Waals surface area contributed by atoms with Gasteiger partial charge in [0.25, 0.3) is 0 Å².